The Morgan fingerprint density at radius 2 is 2.00 bits per heavy atom. The van der Waals surface area contributed by atoms with Gasteiger partial charge in [0.15, 0.2) is 0 Å². The Morgan fingerprint density at radius 3 is 2.55 bits per heavy atom. The van der Waals surface area contributed by atoms with Crippen molar-refractivity contribution in [2.75, 3.05) is 13.1 Å². The summed E-state index contributed by atoms with van der Waals surface area (Å²) in [6, 6.07) is 0.0912. The van der Waals surface area contributed by atoms with Crippen molar-refractivity contribution < 1.29 is 9.59 Å². The Hall–Kier alpha value is -0.810. The minimum Gasteiger partial charge on any atom is -0.356 e. The number of carbonyl (C=O) groups is 2. The first-order valence-electron chi connectivity index (χ1n) is 7.44. The highest BCUT2D eigenvalue weighted by Gasteiger charge is 2.28. The number of carbonyl (C=O) groups excluding carboxylic acids is 2. The van der Waals surface area contributed by atoms with Crippen LogP contribution in [0.15, 0.2) is 0 Å². The van der Waals surface area contributed by atoms with Gasteiger partial charge in [0.05, 0.1) is 0 Å². The van der Waals surface area contributed by atoms with Crippen LogP contribution < -0.4 is 16.4 Å². The molecule has 0 aromatic heterocycles. The van der Waals surface area contributed by atoms with Crippen molar-refractivity contribution in [1.82, 2.24) is 10.6 Å². The summed E-state index contributed by atoms with van der Waals surface area (Å²) in [5, 5.41) is 5.81. The molecule has 0 spiro atoms. The summed E-state index contributed by atoms with van der Waals surface area (Å²) in [5.74, 6) is 0.417. The van der Waals surface area contributed by atoms with Crippen LogP contribution in [-0.4, -0.2) is 30.9 Å². The lowest BCUT2D eigenvalue weighted by Crippen LogP contribution is -2.40. The molecule has 0 radical (unpaired) electrons. The molecule has 0 aromatic carbocycles. The molecule has 1 aliphatic rings. The van der Waals surface area contributed by atoms with Crippen LogP contribution in [-0.2, 0) is 9.59 Å². The maximum Gasteiger partial charge on any atom is 0.223 e. The zero-order chi connectivity index (χ0) is 14.1. The van der Waals surface area contributed by atoms with Crippen molar-refractivity contribution in [1.29, 1.82) is 0 Å². The Labute approximate surface area is 127 Å². The standard InChI is InChI=1S/C14H27N3O2.ClH/c1-2-3-5-12(10-15)17-13(18)6-4-9-16-14(19)11-7-8-11;/h11-12H,2-10,15H2,1H3,(H,16,19)(H,17,18);1H. The van der Waals surface area contributed by atoms with E-state index in [-0.39, 0.29) is 36.2 Å². The van der Waals surface area contributed by atoms with Gasteiger partial charge in [-0.3, -0.25) is 9.59 Å². The molecular weight excluding hydrogens is 278 g/mol. The molecule has 2 amide bonds. The third kappa shape index (κ3) is 8.38. The van der Waals surface area contributed by atoms with Crippen molar-refractivity contribution >= 4 is 24.2 Å². The van der Waals surface area contributed by atoms with Gasteiger partial charge in [-0.05, 0) is 25.7 Å². The average molecular weight is 306 g/mol. The minimum atomic E-state index is 0. The monoisotopic (exact) mass is 305 g/mol. The molecule has 0 aliphatic heterocycles. The van der Waals surface area contributed by atoms with E-state index in [9.17, 15) is 9.59 Å². The Balaban J connectivity index is 0.00000361. The number of hydrogen-bond donors (Lipinski definition) is 3. The van der Waals surface area contributed by atoms with Crippen LogP contribution in [0.1, 0.15) is 51.9 Å². The minimum absolute atomic E-state index is 0. The fourth-order valence-corrected chi connectivity index (χ4v) is 1.95. The molecule has 0 saturated heterocycles. The number of halogens is 1. The largest absolute Gasteiger partial charge is 0.356 e. The maximum absolute atomic E-state index is 11.7. The fourth-order valence-electron chi connectivity index (χ4n) is 1.95. The first-order valence-corrected chi connectivity index (χ1v) is 7.44. The summed E-state index contributed by atoms with van der Waals surface area (Å²) in [5.41, 5.74) is 5.62. The van der Waals surface area contributed by atoms with Crippen LogP contribution in [0.5, 0.6) is 0 Å². The number of nitrogens with two attached hydrogens (primary N) is 1. The predicted octanol–water partition coefficient (Wildman–Crippen LogP) is 1.35. The first kappa shape index (κ1) is 19.2. The molecule has 1 rings (SSSR count). The Bertz CT molecular complexity index is 296. The molecule has 6 heteroatoms. The van der Waals surface area contributed by atoms with E-state index in [1.807, 2.05) is 0 Å². The van der Waals surface area contributed by atoms with E-state index in [2.05, 4.69) is 17.6 Å². The second-order valence-electron chi connectivity index (χ2n) is 5.31. The Kier molecular flexibility index (Phi) is 10.5. The van der Waals surface area contributed by atoms with Crippen LogP contribution in [0, 0.1) is 5.92 Å². The lowest BCUT2D eigenvalue weighted by Gasteiger charge is -2.16. The maximum atomic E-state index is 11.7. The molecule has 4 N–H and O–H groups in total. The molecule has 118 valence electrons. The topological polar surface area (TPSA) is 84.2 Å². The summed E-state index contributed by atoms with van der Waals surface area (Å²) < 4.78 is 0. The van der Waals surface area contributed by atoms with Crippen LogP contribution in [0.2, 0.25) is 0 Å². The van der Waals surface area contributed by atoms with E-state index < -0.39 is 0 Å². The summed E-state index contributed by atoms with van der Waals surface area (Å²) in [7, 11) is 0. The van der Waals surface area contributed by atoms with Crippen molar-refractivity contribution in [2.24, 2.45) is 11.7 Å². The van der Waals surface area contributed by atoms with Gasteiger partial charge < -0.3 is 16.4 Å². The lowest BCUT2D eigenvalue weighted by molar-refractivity contribution is -0.123. The zero-order valence-corrected chi connectivity index (χ0v) is 13.1. The first-order chi connectivity index (χ1) is 9.17. The van der Waals surface area contributed by atoms with E-state index in [1.54, 1.807) is 0 Å². The van der Waals surface area contributed by atoms with Crippen molar-refractivity contribution in [2.45, 2.75) is 57.9 Å². The molecule has 1 aliphatic carbocycles. The van der Waals surface area contributed by atoms with Crippen molar-refractivity contribution in [3.05, 3.63) is 0 Å². The van der Waals surface area contributed by atoms with Gasteiger partial charge in [-0.15, -0.1) is 12.4 Å². The Morgan fingerprint density at radius 1 is 1.30 bits per heavy atom. The van der Waals surface area contributed by atoms with E-state index >= 15 is 0 Å². The molecule has 1 fully saturated rings. The van der Waals surface area contributed by atoms with Gasteiger partial charge in [0.25, 0.3) is 0 Å². The van der Waals surface area contributed by atoms with Gasteiger partial charge in [-0.25, -0.2) is 0 Å². The lowest BCUT2D eigenvalue weighted by atomic mass is 10.1. The quantitative estimate of drug-likeness (QED) is 0.533. The van der Waals surface area contributed by atoms with Crippen molar-refractivity contribution in [3.63, 3.8) is 0 Å². The third-order valence-electron chi connectivity index (χ3n) is 3.38. The molecule has 0 heterocycles. The highest BCUT2D eigenvalue weighted by molar-refractivity contribution is 5.85. The van der Waals surface area contributed by atoms with E-state index in [0.717, 1.165) is 32.1 Å². The van der Waals surface area contributed by atoms with Gasteiger partial charge in [0.2, 0.25) is 11.8 Å². The number of nitrogens with one attached hydrogen (secondary N) is 2. The van der Waals surface area contributed by atoms with Gasteiger partial charge in [0.1, 0.15) is 0 Å². The second-order valence-corrected chi connectivity index (χ2v) is 5.31. The molecule has 0 bridgehead atoms. The number of unbranched alkanes of at least 4 members (excludes halogenated alkanes) is 1. The van der Waals surface area contributed by atoms with Crippen LogP contribution in [0.25, 0.3) is 0 Å². The van der Waals surface area contributed by atoms with Crippen LogP contribution >= 0.6 is 12.4 Å². The summed E-state index contributed by atoms with van der Waals surface area (Å²) in [4.78, 5) is 23.1. The second kappa shape index (κ2) is 10.9. The molecule has 20 heavy (non-hydrogen) atoms. The molecule has 5 nitrogen and oxygen atoms in total. The fraction of sp³-hybridized carbons (Fsp3) is 0.857. The van der Waals surface area contributed by atoms with Crippen molar-refractivity contribution in [3.8, 4) is 0 Å². The molecule has 1 atom stereocenters. The number of amides is 2. The molecule has 0 aromatic rings. The SMILES string of the molecule is CCCCC(CN)NC(=O)CCCNC(=O)C1CC1.Cl. The number of hydrogen-bond acceptors (Lipinski definition) is 3. The third-order valence-corrected chi connectivity index (χ3v) is 3.38. The van der Waals surface area contributed by atoms with Gasteiger partial charge in [-0.2, -0.15) is 0 Å². The van der Waals surface area contributed by atoms with Crippen LogP contribution in [0.3, 0.4) is 0 Å². The van der Waals surface area contributed by atoms with Gasteiger partial charge in [-0.1, -0.05) is 19.8 Å². The van der Waals surface area contributed by atoms with E-state index in [1.165, 1.54) is 0 Å². The van der Waals surface area contributed by atoms with E-state index in [0.29, 0.717) is 25.9 Å². The summed E-state index contributed by atoms with van der Waals surface area (Å²) >= 11 is 0. The highest BCUT2D eigenvalue weighted by Crippen LogP contribution is 2.28. The average Bonchev–Trinajstić information content (AvgIpc) is 3.23. The molecule has 1 unspecified atom stereocenters. The predicted molar refractivity (Wildman–Crippen MR) is 82.7 cm³/mol. The smallest absolute Gasteiger partial charge is 0.223 e. The highest BCUT2D eigenvalue weighted by atomic mass is 35.5. The molecule has 1 saturated carbocycles. The van der Waals surface area contributed by atoms with Gasteiger partial charge >= 0.3 is 0 Å². The summed E-state index contributed by atoms with van der Waals surface area (Å²) in [6.07, 6.45) is 6.31. The normalized spacial score (nSPS) is 15.1. The van der Waals surface area contributed by atoms with E-state index in [4.69, 9.17) is 5.73 Å². The number of rotatable bonds is 10. The van der Waals surface area contributed by atoms with Gasteiger partial charge in [0, 0.05) is 31.5 Å². The van der Waals surface area contributed by atoms with Crippen LogP contribution in [0.4, 0.5) is 0 Å². The zero-order valence-electron chi connectivity index (χ0n) is 12.3. The summed E-state index contributed by atoms with van der Waals surface area (Å²) in [6.45, 7) is 3.20. The molecular formula is C14H28ClN3O2.